The lowest BCUT2D eigenvalue weighted by Gasteiger charge is -2.01. The second-order valence-electron chi connectivity index (χ2n) is 2.96. The van der Waals surface area contributed by atoms with Crippen LogP contribution in [-0.4, -0.2) is 9.78 Å². The number of benzene rings is 1. The molecule has 0 aliphatic rings. The third-order valence-corrected chi connectivity index (χ3v) is 1.97. The third kappa shape index (κ3) is 1.53. The molecule has 1 aromatic carbocycles. The van der Waals surface area contributed by atoms with Gasteiger partial charge in [-0.2, -0.15) is 14.8 Å². The second-order valence-corrected chi connectivity index (χ2v) is 2.96. The van der Waals surface area contributed by atoms with E-state index in [1.54, 1.807) is 30.3 Å². The predicted molar refractivity (Wildman–Crippen MR) is 52.6 cm³/mol. The van der Waals surface area contributed by atoms with Gasteiger partial charge in [0.05, 0.1) is 11.9 Å². The first-order valence-corrected chi connectivity index (χ1v) is 4.22. The molecular weight excluding hydrogens is 195 g/mol. The fourth-order valence-electron chi connectivity index (χ4n) is 1.20. The normalized spacial score (nSPS) is 9.87. The largest absolute Gasteiger partial charge is 0.399 e. The van der Waals surface area contributed by atoms with E-state index < -0.39 is 5.95 Å². The average molecular weight is 202 g/mol. The molecule has 0 fully saturated rings. The molecule has 15 heavy (non-hydrogen) atoms. The Morgan fingerprint density at radius 1 is 1.33 bits per heavy atom. The highest BCUT2D eigenvalue weighted by molar-refractivity contribution is 5.45. The summed E-state index contributed by atoms with van der Waals surface area (Å²) >= 11 is 0. The summed E-state index contributed by atoms with van der Waals surface area (Å²) in [5.41, 5.74) is 6.54. The van der Waals surface area contributed by atoms with Crippen molar-refractivity contribution in [1.82, 2.24) is 9.78 Å². The molecule has 1 aromatic heterocycles. The van der Waals surface area contributed by atoms with E-state index in [2.05, 4.69) is 5.10 Å². The van der Waals surface area contributed by atoms with Gasteiger partial charge in [-0.1, -0.05) is 0 Å². The van der Waals surface area contributed by atoms with Gasteiger partial charge in [-0.25, -0.2) is 4.68 Å². The minimum Gasteiger partial charge on any atom is -0.399 e. The van der Waals surface area contributed by atoms with Gasteiger partial charge in [0, 0.05) is 5.69 Å². The van der Waals surface area contributed by atoms with Gasteiger partial charge in [0.2, 0.25) is 5.95 Å². The van der Waals surface area contributed by atoms with Crippen molar-refractivity contribution in [1.29, 1.82) is 5.26 Å². The van der Waals surface area contributed by atoms with Gasteiger partial charge >= 0.3 is 0 Å². The molecule has 2 rings (SSSR count). The van der Waals surface area contributed by atoms with Crippen molar-refractivity contribution in [2.45, 2.75) is 0 Å². The van der Waals surface area contributed by atoms with Gasteiger partial charge in [0.1, 0.15) is 11.6 Å². The minimum absolute atomic E-state index is 0.0770. The molecule has 4 nitrogen and oxygen atoms in total. The third-order valence-electron chi connectivity index (χ3n) is 1.97. The summed E-state index contributed by atoms with van der Waals surface area (Å²) in [6, 6.07) is 8.26. The minimum atomic E-state index is -0.665. The molecule has 0 aliphatic heterocycles. The zero-order valence-electron chi connectivity index (χ0n) is 7.68. The van der Waals surface area contributed by atoms with Crippen molar-refractivity contribution in [3.8, 4) is 11.8 Å². The molecule has 74 valence electrons. The molecule has 5 heteroatoms. The molecule has 0 saturated carbocycles. The van der Waals surface area contributed by atoms with E-state index in [4.69, 9.17) is 11.0 Å². The second kappa shape index (κ2) is 3.42. The van der Waals surface area contributed by atoms with E-state index >= 15 is 0 Å². The van der Waals surface area contributed by atoms with E-state index in [-0.39, 0.29) is 5.56 Å². The van der Waals surface area contributed by atoms with Crippen LogP contribution in [0.2, 0.25) is 0 Å². The molecule has 0 spiro atoms. The van der Waals surface area contributed by atoms with E-state index in [0.717, 1.165) is 4.68 Å². The Kier molecular flexibility index (Phi) is 2.10. The lowest BCUT2D eigenvalue weighted by atomic mass is 10.3. The number of nitriles is 1. The number of hydrogen-bond acceptors (Lipinski definition) is 3. The average Bonchev–Trinajstić information content (AvgIpc) is 2.61. The lowest BCUT2D eigenvalue weighted by Crippen LogP contribution is -2.00. The van der Waals surface area contributed by atoms with E-state index in [1.165, 1.54) is 6.20 Å². The quantitative estimate of drug-likeness (QED) is 0.712. The van der Waals surface area contributed by atoms with E-state index in [0.29, 0.717) is 11.4 Å². The highest BCUT2D eigenvalue weighted by atomic mass is 19.1. The maximum absolute atomic E-state index is 13.5. The van der Waals surface area contributed by atoms with Crippen LogP contribution in [0, 0.1) is 17.3 Å². The molecule has 2 aromatic rings. The summed E-state index contributed by atoms with van der Waals surface area (Å²) in [7, 11) is 0. The number of nitrogens with two attached hydrogens (primary N) is 1. The smallest absolute Gasteiger partial charge is 0.234 e. The van der Waals surface area contributed by atoms with Crippen molar-refractivity contribution >= 4 is 5.69 Å². The Morgan fingerprint density at radius 3 is 2.53 bits per heavy atom. The van der Waals surface area contributed by atoms with Crippen LogP contribution in [-0.2, 0) is 0 Å². The maximum atomic E-state index is 13.5. The van der Waals surface area contributed by atoms with Crippen LogP contribution < -0.4 is 5.73 Å². The Morgan fingerprint density at radius 2 is 2.00 bits per heavy atom. The predicted octanol–water partition coefficient (Wildman–Crippen LogP) is 1.47. The molecule has 0 saturated heterocycles. The molecule has 0 radical (unpaired) electrons. The molecule has 1 heterocycles. The van der Waals surface area contributed by atoms with E-state index in [1.807, 2.05) is 0 Å². The standard InChI is InChI=1S/C10H7FN4/c11-10-7(5-12)6-14-15(10)9-3-1-8(13)2-4-9/h1-4,6H,13H2. The van der Waals surface area contributed by atoms with Crippen molar-refractivity contribution in [2.24, 2.45) is 0 Å². The van der Waals surface area contributed by atoms with Crippen LogP contribution in [0.25, 0.3) is 5.69 Å². The van der Waals surface area contributed by atoms with Crippen LogP contribution in [0.1, 0.15) is 5.56 Å². The topological polar surface area (TPSA) is 67.6 Å². The zero-order valence-corrected chi connectivity index (χ0v) is 7.68. The molecule has 0 bridgehead atoms. The Labute approximate surface area is 85.4 Å². The first-order valence-electron chi connectivity index (χ1n) is 4.22. The number of hydrogen-bond donors (Lipinski definition) is 1. The number of nitrogen functional groups attached to an aromatic ring is 1. The summed E-state index contributed by atoms with van der Waals surface area (Å²) < 4.78 is 14.5. The van der Waals surface area contributed by atoms with Gasteiger partial charge in [-0.05, 0) is 24.3 Å². The number of nitrogens with zero attached hydrogens (tertiary/aromatic N) is 3. The van der Waals surface area contributed by atoms with Crippen molar-refractivity contribution in [3.63, 3.8) is 0 Å². The number of halogens is 1. The van der Waals surface area contributed by atoms with Crippen LogP contribution in [0.3, 0.4) is 0 Å². The molecule has 0 unspecified atom stereocenters. The fourth-order valence-corrected chi connectivity index (χ4v) is 1.20. The lowest BCUT2D eigenvalue weighted by molar-refractivity contribution is 0.534. The van der Waals surface area contributed by atoms with Crippen LogP contribution >= 0.6 is 0 Å². The maximum Gasteiger partial charge on any atom is 0.234 e. The zero-order chi connectivity index (χ0) is 10.8. The SMILES string of the molecule is N#Cc1cnn(-c2ccc(N)cc2)c1F. The molecule has 0 atom stereocenters. The van der Waals surface area contributed by atoms with Gasteiger partial charge in [-0.15, -0.1) is 0 Å². The molecular formula is C10H7FN4. The first-order chi connectivity index (χ1) is 7.22. The summed E-state index contributed by atoms with van der Waals surface area (Å²) in [4.78, 5) is 0. The molecule has 2 N–H and O–H groups in total. The summed E-state index contributed by atoms with van der Waals surface area (Å²) in [5.74, 6) is -0.665. The van der Waals surface area contributed by atoms with Gasteiger partial charge in [-0.3, -0.25) is 0 Å². The summed E-state index contributed by atoms with van der Waals surface area (Å²) in [5, 5.41) is 12.3. The van der Waals surface area contributed by atoms with Crippen LogP contribution in [0.5, 0.6) is 0 Å². The summed E-state index contributed by atoms with van der Waals surface area (Å²) in [6.45, 7) is 0. The van der Waals surface area contributed by atoms with Crippen LogP contribution in [0.4, 0.5) is 10.1 Å². The van der Waals surface area contributed by atoms with Gasteiger partial charge < -0.3 is 5.73 Å². The monoisotopic (exact) mass is 202 g/mol. The Hall–Kier alpha value is -2.35. The fraction of sp³-hybridized carbons (Fsp3) is 0. The number of anilines is 1. The number of aromatic nitrogens is 2. The highest BCUT2D eigenvalue weighted by Crippen LogP contribution is 2.14. The Bertz CT molecular complexity index is 521. The summed E-state index contributed by atoms with van der Waals surface area (Å²) in [6.07, 6.45) is 1.19. The Balaban J connectivity index is 2.51. The first kappa shape index (κ1) is 9.21. The van der Waals surface area contributed by atoms with Gasteiger partial charge in [0.15, 0.2) is 0 Å². The molecule has 0 amide bonds. The van der Waals surface area contributed by atoms with Crippen molar-refractivity contribution in [2.75, 3.05) is 5.73 Å². The number of rotatable bonds is 1. The van der Waals surface area contributed by atoms with Crippen LogP contribution in [0.15, 0.2) is 30.5 Å². The van der Waals surface area contributed by atoms with Crippen molar-refractivity contribution < 1.29 is 4.39 Å². The van der Waals surface area contributed by atoms with Gasteiger partial charge in [0.25, 0.3) is 0 Å². The van der Waals surface area contributed by atoms with E-state index in [9.17, 15) is 4.39 Å². The molecule has 0 aliphatic carbocycles. The van der Waals surface area contributed by atoms with Crippen molar-refractivity contribution in [3.05, 3.63) is 42.0 Å². The highest BCUT2D eigenvalue weighted by Gasteiger charge is 2.10.